The van der Waals surface area contributed by atoms with Crippen molar-refractivity contribution < 1.29 is 14.3 Å². The van der Waals surface area contributed by atoms with E-state index >= 15 is 0 Å². The van der Waals surface area contributed by atoms with Crippen LogP contribution in [0.25, 0.3) is 5.52 Å². The number of ether oxygens (including phenoxy) is 2. The van der Waals surface area contributed by atoms with Crippen molar-refractivity contribution in [3.8, 4) is 11.5 Å². The van der Waals surface area contributed by atoms with Gasteiger partial charge >= 0.3 is 0 Å². The number of rotatable bonds is 7. The van der Waals surface area contributed by atoms with Crippen LogP contribution in [0.15, 0.2) is 59.7 Å². The number of hydrogen-bond acceptors (Lipinski definition) is 5. The molecule has 0 spiro atoms. The third-order valence-corrected chi connectivity index (χ3v) is 6.50. The number of nitrogens with one attached hydrogen (secondary N) is 1. The molecule has 8 heteroatoms. The lowest BCUT2D eigenvalue weighted by Crippen LogP contribution is -2.23. The van der Waals surface area contributed by atoms with Crippen molar-refractivity contribution in [1.82, 2.24) is 19.5 Å². The summed E-state index contributed by atoms with van der Waals surface area (Å²) in [6.45, 7) is 0.800. The van der Waals surface area contributed by atoms with Gasteiger partial charge in [0, 0.05) is 30.1 Å². The normalized spacial score (nSPS) is 12.9. The number of carbonyl (C=O) groups is 1. The van der Waals surface area contributed by atoms with Crippen LogP contribution in [-0.2, 0) is 25.9 Å². The van der Waals surface area contributed by atoms with Gasteiger partial charge in [0.1, 0.15) is 5.52 Å². The van der Waals surface area contributed by atoms with Gasteiger partial charge in [0.15, 0.2) is 11.5 Å². The minimum atomic E-state index is -0.171. The Hall–Kier alpha value is -4.07. The highest BCUT2D eigenvalue weighted by molar-refractivity contribution is 5.94. The van der Waals surface area contributed by atoms with Crippen molar-refractivity contribution in [3.63, 3.8) is 0 Å². The van der Waals surface area contributed by atoms with Gasteiger partial charge in [-0.2, -0.15) is 5.10 Å². The lowest BCUT2D eigenvalue weighted by Gasteiger charge is -2.11. The fourth-order valence-corrected chi connectivity index (χ4v) is 4.61. The molecule has 0 saturated heterocycles. The molecule has 2 heterocycles. The van der Waals surface area contributed by atoms with Crippen LogP contribution in [-0.4, -0.2) is 34.3 Å². The van der Waals surface area contributed by atoms with Crippen LogP contribution in [0.3, 0.4) is 0 Å². The van der Waals surface area contributed by atoms with Crippen molar-refractivity contribution in [1.29, 1.82) is 0 Å². The van der Waals surface area contributed by atoms with E-state index in [2.05, 4.69) is 10.4 Å². The summed E-state index contributed by atoms with van der Waals surface area (Å²) < 4.78 is 14.0. The highest BCUT2D eigenvalue weighted by Gasteiger charge is 2.19. The number of aryl methyl sites for hydroxylation is 2. The zero-order valence-electron chi connectivity index (χ0n) is 19.9. The van der Waals surface area contributed by atoms with E-state index in [1.165, 1.54) is 0 Å². The smallest absolute Gasteiger partial charge is 0.277 e. The van der Waals surface area contributed by atoms with Crippen LogP contribution in [0.1, 0.15) is 45.6 Å². The lowest BCUT2D eigenvalue weighted by molar-refractivity contribution is 0.0951. The van der Waals surface area contributed by atoms with Gasteiger partial charge in [0.2, 0.25) is 0 Å². The molecule has 0 aliphatic heterocycles. The zero-order valence-corrected chi connectivity index (χ0v) is 19.9. The summed E-state index contributed by atoms with van der Waals surface area (Å²) in [7, 11) is 3.17. The average Bonchev–Trinajstić information content (AvgIpc) is 3.28. The molecule has 0 unspecified atom stereocenters. The maximum Gasteiger partial charge on any atom is 0.277 e. The van der Waals surface area contributed by atoms with Crippen molar-refractivity contribution in [2.24, 2.45) is 0 Å². The number of benzene rings is 2. The number of methoxy groups -OCH3 is 2. The number of amides is 1. The monoisotopic (exact) mass is 472 g/mol. The van der Waals surface area contributed by atoms with Crippen molar-refractivity contribution >= 4 is 11.4 Å². The molecule has 1 aliphatic rings. The Kier molecular flexibility index (Phi) is 6.27. The highest BCUT2D eigenvalue weighted by Crippen LogP contribution is 2.27. The van der Waals surface area contributed by atoms with Gasteiger partial charge in [-0.05, 0) is 61.1 Å². The molecule has 2 aromatic carbocycles. The van der Waals surface area contributed by atoms with Crippen molar-refractivity contribution in [3.05, 3.63) is 93.2 Å². The van der Waals surface area contributed by atoms with Crippen molar-refractivity contribution in [2.45, 2.75) is 38.8 Å². The second kappa shape index (κ2) is 9.66. The van der Waals surface area contributed by atoms with Gasteiger partial charge in [-0.1, -0.05) is 18.2 Å². The summed E-state index contributed by atoms with van der Waals surface area (Å²) in [5, 5.41) is 7.52. The molecule has 1 N–H and O–H groups in total. The summed E-state index contributed by atoms with van der Waals surface area (Å²) in [6.07, 6.45) is 7.69. The van der Waals surface area contributed by atoms with E-state index in [1.54, 1.807) is 41.6 Å². The molecule has 8 nitrogen and oxygen atoms in total. The van der Waals surface area contributed by atoms with Gasteiger partial charge < -0.3 is 19.4 Å². The largest absolute Gasteiger partial charge is 0.493 e. The molecule has 0 atom stereocenters. The lowest BCUT2D eigenvalue weighted by atomic mass is 9.97. The first-order valence-corrected chi connectivity index (χ1v) is 11.7. The SMILES string of the molecule is COc1ccc(CNC(=O)c2ccc(Cn3ccn4nc5c(c4c3=O)CCCC5)cc2)cc1OC. The first-order valence-electron chi connectivity index (χ1n) is 11.7. The molecule has 0 saturated carbocycles. The van der Waals surface area contributed by atoms with E-state index in [-0.39, 0.29) is 11.5 Å². The third-order valence-electron chi connectivity index (χ3n) is 6.50. The minimum absolute atomic E-state index is 0.0279. The Morgan fingerprint density at radius 2 is 1.71 bits per heavy atom. The second-order valence-corrected chi connectivity index (χ2v) is 8.73. The third kappa shape index (κ3) is 4.51. The predicted octanol–water partition coefficient (Wildman–Crippen LogP) is 3.37. The summed E-state index contributed by atoms with van der Waals surface area (Å²) in [5.74, 6) is 1.09. The Labute approximate surface area is 203 Å². The first kappa shape index (κ1) is 22.7. The second-order valence-electron chi connectivity index (χ2n) is 8.73. The highest BCUT2D eigenvalue weighted by atomic mass is 16.5. The van der Waals surface area contributed by atoms with E-state index in [0.717, 1.165) is 48.1 Å². The number of aromatic nitrogens is 3. The molecule has 1 aliphatic carbocycles. The van der Waals surface area contributed by atoms with Crippen LogP contribution in [0.4, 0.5) is 0 Å². The minimum Gasteiger partial charge on any atom is -0.493 e. The van der Waals surface area contributed by atoms with E-state index in [1.807, 2.05) is 36.5 Å². The molecule has 2 aromatic heterocycles. The molecule has 35 heavy (non-hydrogen) atoms. The fraction of sp³-hybridized carbons (Fsp3) is 0.296. The molecule has 0 fully saturated rings. The van der Waals surface area contributed by atoms with Crippen LogP contribution >= 0.6 is 0 Å². The van der Waals surface area contributed by atoms with Gasteiger partial charge in [-0.15, -0.1) is 0 Å². The van der Waals surface area contributed by atoms with Crippen LogP contribution in [0.5, 0.6) is 11.5 Å². The maximum absolute atomic E-state index is 13.2. The van der Waals surface area contributed by atoms with Gasteiger partial charge in [0.25, 0.3) is 11.5 Å². The molecule has 180 valence electrons. The number of carbonyl (C=O) groups excluding carboxylic acids is 1. The van der Waals surface area contributed by atoms with Gasteiger partial charge in [0.05, 0.1) is 26.5 Å². The van der Waals surface area contributed by atoms with Gasteiger partial charge in [-0.25, -0.2) is 4.52 Å². The topological polar surface area (TPSA) is 86.9 Å². The van der Waals surface area contributed by atoms with Gasteiger partial charge in [-0.3, -0.25) is 9.59 Å². The van der Waals surface area contributed by atoms with Crippen molar-refractivity contribution in [2.75, 3.05) is 14.2 Å². The van der Waals surface area contributed by atoms with Crippen LogP contribution in [0, 0.1) is 0 Å². The average molecular weight is 473 g/mol. The Balaban J connectivity index is 1.27. The summed E-state index contributed by atoms with van der Waals surface area (Å²) in [5.41, 5.74) is 5.22. The van der Waals surface area contributed by atoms with E-state index in [0.29, 0.717) is 35.7 Å². The number of hydrogen-bond donors (Lipinski definition) is 1. The molecule has 1 amide bonds. The number of nitrogens with zero attached hydrogens (tertiary/aromatic N) is 3. The molecular weight excluding hydrogens is 444 g/mol. The Morgan fingerprint density at radius 1 is 0.971 bits per heavy atom. The van der Waals surface area contributed by atoms with Crippen LogP contribution < -0.4 is 20.3 Å². The predicted molar refractivity (Wildman–Crippen MR) is 132 cm³/mol. The summed E-state index contributed by atoms with van der Waals surface area (Å²) in [4.78, 5) is 25.8. The fourth-order valence-electron chi connectivity index (χ4n) is 4.61. The molecule has 5 rings (SSSR count). The zero-order chi connectivity index (χ0) is 24.4. The quantitative estimate of drug-likeness (QED) is 0.446. The maximum atomic E-state index is 13.2. The number of fused-ring (bicyclic) bond motifs is 3. The Morgan fingerprint density at radius 3 is 2.49 bits per heavy atom. The standard InChI is InChI=1S/C27H28N4O4/c1-34-23-12-9-19(15-24(23)35-2)16-28-26(32)20-10-7-18(8-11-20)17-30-13-14-31-25(27(30)33)21-5-3-4-6-22(21)29-31/h7-15H,3-6,16-17H2,1-2H3,(H,28,32). The molecule has 0 radical (unpaired) electrons. The van der Waals surface area contributed by atoms with E-state index in [9.17, 15) is 9.59 Å². The molecular formula is C27H28N4O4. The molecule has 4 aromatic rings. The summed E-state index contributed by atoms with van der Waals surface area (Å²) >= 11 is 0. The van der Waals surface area contributed by atoms with E-state index in [4.69, 9.17) is 9.47 Å². The summed E-state index contributed by atoms with van der Waals surface area (Å²) in [6, 6.07) is 12.9. The van der Waals surface area contributed by atoms with E-state index < -0.39 is 0 Å². The first-order chi connectivity index (χ1) is 17.1. The Bertz CT molecular complexity index is 1440. The molecule has 0 bridgehead atoms. The van der Waals surface area contributed by atoms with Crippen LogP contribution in [0.2, 0.25) is 0 Å².